The van der Waals surface area contributed by atoms with Crippen molar-refractivity contribution >= 4 is 5.97 Å². The summed E-state index contributed by atoms with van der Waals surface area (Å²) in [4.78, 5) is 11.3. The fraction of sp³-hybridized carbons (Fsp3) is 0.727. The molecule has 1 atom stereocenters. The van der Waals surface area contributed by atoms with E-state index in [9.17, 15) is 4.79 Å². The van der Waals surface area contributed by atoms with Gasteiger partial charge in [-0.2, -0.15) is 0 Å². The Bertz CT molecular complexity index is 183. The van der Waals surface area contributed by atoms with E-state index in [1.54, 1.807) is 13.0 Å². The summed E-state index contributed by atoms with van der Waals surface area (Å²) in [5.74, 6) is -0.189. The standard InChI is InChI=1S/C11H20O2/c1-5-7-8-10(4)13-11(12)9(3)6-2/h6,10H,5,7-8H2,1-4H3/b9-6+. The molecular weight excluding hydrogens is 164 g/mol. The maximum Gasteiger partial charge on any atom is 0.333 e. The van der Waals surface area contributed by atoms with Crippen molar-refractivity contribution in [2.24, 2.45) is 0 Å². The van der Waals surface area contributed by atoms with Crippen LogP contribution in [0, 0.1) is 0 Å². The van der Waals surface area contributed by atoms with Crippen LogP contribution in [0.2, 0.25) is 0 Å². The Morgan fingerprint density at radius 1 is 1.54 bits per heavy atom. The lowest BCUT2D eigenvalue weighted by molar-refractivity contribution is -0.143. The molecule has 76 valence electrons. The van der Waals surface area contributed by atoms with Gasteiger partial charge in [-0.15, -0.1) is 0 Å². The molecule has 0 heterocycles. The zero-order valence-corrected chi connectivity index (χ0v) is 9.09. The number of carbonyl (C=O) groups is 1. The van der Waals surface area contributed by atoms with Crippen LogP contribution in [-0.4, -0.2) is 12.1 Å². The smallest absolute Gasteiger partial charge is 0.333 e. The predicted octanol–water partition coefficient (Wildman–Crippen LogP) is 3.07. The lowest BCUT2D eigenvalue weighted by Gasteiger charge is -2.12. The summed E-state index contributed by atoms with van der Waals surface area (Å²) < 4.78 is 5.20. The van der Waals surface area contributed by atoms with Gasteiger partial charge in [-0.05, 0) is 27.2 Å². The van der Waals surface area contributed by atoms with E-state index in [1.807, 2.05) is 13.8 Å². The maximum absolute atomic E-state index is 11.3. The Hall–Kier alpha value is -0.790. The van der Waals surface area contributed by atoms with E-state index < -0.39 is 0 Å². The number of unbranched alkanes of at least 4 members (excludes halogenated alkanes) is 1. The summed E-state index contributed by atoms with van der Waals surface area (Å²) in [6.45, 7) is 7.68. The highest BCUT2D eigenvalue weighted by Crippen LogP contribution is 2.06. The van der Waals surface area contributed by atoms with Gasteiger partial charge in [0.25, 0.3) is 0 Å². The SMILES string of the molecule is C/C=C(\C)C(=O)OC(C)CCCC. The second kappa shape index (κ2) is 6.70. The maximum atomic E-state index is 11.3. The molecule has 2 nitrogen and oxygen atoms in total. The van der Waals surface area contributed by atoms with Gasteiger partial charge in [0.2, 0.25) is 0 Å². The van der Waals surface area contributed by atoms with Crippen LogP contribution in [0.15, 0.2) is 11.6 Å². The van der Waals surface area contributed by atoms with Crippen molar-refractivity contribution in [1.29, 1.82) is 0 Å². The van der Waals surface area contributed by atoms with Gasteiger partial charge >= 0.3 is 5.97 Å². The van der Waals surface area contributed by atoms with Crippen molar-refractivity contribution in [3.8, 4) is 0 Å². The van der Waals surface area contributed by atoms with Crippen LogP contribution >= 0.6 is 0 Å². The predicted molar refractivity (Wildman–Crippen MR) is 54.5 cm³/mol. The molecule has 0 saturated heterocycles. The number of ether oxygens (including phenoxy) is 1. The van der Waals surface area contributed by atoms with Crippen molar-refractivity contribution in [2.75, 3.05) is 0 Å². The molecule has 0 N–H and O–H groups in total. The van der Waals surface area contributed by atoms with Crippen molar-refractivity contribution in [2.45, 2.75) is 53.1 Å². The van der Waals surface area contributed by atoms with Crippen molar-refractivity contribution < 1.29 is 9.53 Å². The van der Waals surface area contributed by atoms with Gasteiger partial charge in [0, 0.05) is 5.57 Å². The first-order valence-electron chi connectivity index (χ1n) is 4.95. The molecule has 0 fully saturated rings. The van der Waals surface area contributed by atoms with Crippen LogP contribution in [-0.2, 0) is 9.53 Å². The van der Waals surface area contributed by atoms with Crippen LogP contribution in [0.3, 0.4) is 0 Å². The number of hydrogen-bond donors (Lipinski definition) is 0. The van der Waals surface area contributed by atoms with Crippen LogP contribution in [0.25, 0.3) is 0 Å². The Balaban J connectivity index is 3.78. The summed E-state index contributed by atoms with van der Waals surface area (Å²) in [7, 11) is 0. The van der Waals surface area contributed by atoms with E-state index in [0.29, 0.717) is 5.57 Å². The summed E-state index contributed by atoms with van der Waals surface area (Å²) in [6, 6.07) is 0. The van der Waals surface area contributed by atoms with Crippen molar-refractivity contribution in [1.82, 2.24) is 0 Å². The van der Waals surface area contributed by atoms with E-state index in [4.69, 9.17) is 4.74 Å². The minimum Gasteiger partial charge on any atom is -0.459 e. The molecule has 0 rings (SSSR count). The van der Waals surface area contributed by atoms with Crippen LogP contribution < -0.4 is 0 Å². The zero-order chi connectivity index (χ0) is 10.3. The average Bonchev–Trinajstić information content (AvgIpc) is 2.13. The van der Waals surface area contributed by atoms with E-state index in [-0.39, 0.29) is 12.1 Å². The Morgan fingerprint density at radius 3 is 2.62 bits per heavy atom. The van der Waals surface area contributed by atoms with Gasteiger partial charge in [-0.25, -0.2) is 4.79 Å². The molecule has 0 spiro atoms. The topological polar surface area (TPSA) is 26.3 Å². The molecule has 2 heteroatoms. The molecule has 0 amide bonds. The summed E-state index contributed by atoms with van der Waals surface area (Å²) in [5, 5.41) is 0. The van der Waals surface area contributed by atoms with E-state index >= 15 is 0 Å². The number of carbonyl (C=O) groups excluding carboxylic acids is 1. The monoisotopic (exact) mass is 184 g/mol. The van der Waals surface area contributed by atoms with Gasteiger partial charge in [-0.3, -0.25) is 0 Å². The normalized spacial score (nSPS) is 14.0. The summed E-state index contributed by atoms with van der Waals surface area (Å²) in [5.41, 5.74) is 0.684. The average molecular weight is 184 g/mol. The molecule has 0 aromatic rings. The minimum atomic E-state index is -0.189. The lowest BCUT2D eigenvalue weighted by Crippen LogP contribution is -2.15. The first-order chi connectivity index (χ1) is 6.11. The van der Waals surface area contributed by atoms with Crippen molar-refractivity contribution in [3.05, 3.63) is 11.6 Å². The fourth-order valence-electron chi connectivity index (χ4n) is 0.944. The molecule has 0 aliphatic rings. The van der Waals surface area contributed by atoms with Gasteiger partial charge in [0.15, 0.2) is 0 Å². The summed E-state index contributed by atoms with van der Waals surface area (Å²) in [6.07, 6.45) is 5.03. The number of hydrogen-bond acceptors (Lipinski definition) is 2. The van der Waals surface area contributed by atoms with Crippen molar-refractivity contribution in [3.63, 3.8) is 0 Å². The minimum absolute atomic E-state index is 0.0438. The highest BCUT2D eigenvalue weighted by molar-refractivity contribution is 5.87. The Morgan fingerprint density at radius 2 is 2.15 bits per heavy atom. The molecule has 0 aliphatic heterocycles. The summed E-state index contributed by atoms with van der Waals surface area (Å²) >= 11 is 0. The molecule has 0 saturated carbocycles. The van der Waals surface area contributed by atoms with E-state index in [0.717, 1.165) is 19.3 Å². The lowest BCUT2D eigenvalue weighted by atomic mass is 10.2. The second-order valence-corrected chi connectivity index (χ2v) is 3.33. The molecule has 0 aliphatic carbocycles. The number of rotatable bonds is 5. The molecule has 0 radical (unpaired) electrons. The fourth-order valence-corrected chi connectivity index (χ4v) is 0.944. The van der Waals surface area contributed by atoms with Gasteiger partial charge in [0.1, 0.15) is 0 Å². The van der Waals surface area contributed by atoms with E-state index in [1.165, 1.54) is 0 Å². The quantitative estimate of drug-likeness (QED) is 0.485. The Kier molecular flexibility index (Phi) is 6.29. The number of allylic oxidation sites excluding steroid dienone is 1. The molecule has 0 aromatic carbocycles. The first-order valence-corrected chi connectivity index (χ1v) is 4.95. The highest BCUT2D eigenvalue weighted by Gasteiger charge is 2.09. The van der Waals surface area contributed by atoms with Crippen LogP contribution in [0.5, 0.6) is 0 Å². The molecular formula is C11H20O2. The molecule has 0 bridgehead atoms. The third-order valence-electron chi connectivity index (χ3n) is 2.03. The van der Waals surface area contributed by atoms with Crippen LogP contribution in [0.4, 0.5) is 0 Å². The van der Waals surface area contributed by atoms with Gasteiger partial charge < -0.3 is 4.74 Å². The molecule has 0 aromatic heterocycles. The third kappa shape index (κ3) is 5.45. The van der Waals surface area contributed by atoms with Gasteiger partial charge in [-0.1, -0.05) is 25.8 Å². The van der Waals surface area contributed by atoms with Gasteiger partial charge in [0.05, 0.1) is 6.10 Å². The van der Waals surface area contributed by atoms with E-state index in [2.05, 4.69) is 6.92 Å². The third-order valence-corrected chi connectivity index (χ3v) is 2.03. The Labute approximate surface area is 81.0 Å². The highest BCUT2D eigenvalue weighted by atomic mass is 16.5. The number of esters is 1. The molecule has 13 heavy (non-hydrogen) atoms. The second-order valence-electron chi connectivity index (χ2n) is 3.33. The first kappa shape index (κ1) is 12.2. The van der Waals surface area contributed by atoms with Crippen LogP contribution in [0.1, 0.15) is 47.0 Å². The zero-order valence-electron chi connectivity index (χ0n) is 9.09. The largest absolute Gasteiger partial charge is 0.459 e. The molecule has 1 unspecified atom stereocenters.